The van der Waals surface area contributed by atoms with Crippen LogP contribution in [0.2, 0.25) is 0 Å². The first-order chi connectivity index (χ1) is 6.07. The molecule has 3 aliphatic heterocycles. The molecule has 0 radical (unpaired) electrons. The number of fused-ring (bicyclic) bond motifs is 1. The van der Waals surface area contributed by atoms with E-state index in [2.05, 4.69) is 14.1 Å². The van der Waals surface area contributed by atoms with E-state index in [4.69, 9.17) is 9.57 Å². The fourth-order valence-corrected chi connectivity index (χ4v) is 3.12. The summed E-state index contributed by atoms with van der Waals surface area (Å²) in [5.74, 6) is 0. The number of likely N-dealkylation sites (N-methyl/N-ethyl adjacent to an activating group) is 2. The highest BCUT2D eigenvalue weighted by atomic mass is 16.7. The first-order valence-corrected chi connectivity index (χ1v) is 4.81. The predicted molar refractivity (Wildman–Crippen MR) is 48.3 cm³/mol. The van der Waals surface area contributed by atoms with Gasteiger partial charge in [-0.3, -0.25) is 0 Å². The maximum absolute atomic E-state index is 5.57. The van der Waals surface area contributed by atoms with E-state index < -0.39 is 0 Å². The smallest absolute Gasteiger partial charge is 0.254 e. The molecule has 0 aromatic heterocycles. The van der Waals surface area contributed by atoms with E-state index in [1.54, 1.807) is 7.11 Å². The van der Waals surface area contributed by atoms with Crippen LogP contribution >= 0.6 is 0 Å². The van der Waals surface area contributed by atoms with Crippen LogP contribution in [0.3, 0.4) is 0 Å². The Hall–Kier alpha value is -0.160. The average Bonchev–Trinajstić information content (AvgIpc) is 2.53. The summed E-state index contributed by atoms with van der Waals surface area (Å²) in [6, 6.07) is 0.676. The van der Waals surface area contributed by atoms with Crippen LogP contribution in [-0.4, -0.2) is 62.9 Å². The minimum absolute atomic E-state index is 0.579. The molecule has 13 heavy (non-hydrogen) atoms. The van der Waals surface area contributed by atoms with Crippen molar-refractivity contribution in [3.8, 4) is 0 Å². The molecule has 4 unspecified atom stereocenters. The Labute approximate surface area is 79.8 Å². The lowest BCUT2D eigenvalue weighted by molar-refractivity contribution is -1.21. The monoisotopic (exact) mass is 188 g/mol. The standard InChI is InChI=1S/C9H20N2O2/c1-10(7-12-3)6-8-5-9(10)11(8,2)13-4/h8-9H,5-7H2,1-4H3/q+2. The highest BCUT2D eigenvalue weighted by Gasteiger charge is 2.72. The number of rotatable bonds is 3. The normalized spacial score (nSPS) is 53.5. The maximum Gasteiger partial charge on any atom is 0.254 e. The number of ether oxygens (including phenoxy) is 1. The fourth-order valence-electron chi connectivity index (χ4n) is 3.12. The Morgan fingerprint density at radius 1 is 1.31 bits per heavy atom. The molecule has 0 saturated carbocycles. The van der Waals surface area contributed by atoms with Gasteiger partial charge in [-0.1, -0.05) is 0 Å². The van der Waals surface area contributed by atoms with Gasteiger partial charge in [-0.15, -0.1) is 4.65 Å². The molecule has 3 aliphatic rings. The van der Waals surface area contributed by atoms with E-state index in [0.29, 0.717) is 12.2 Å². The number of methoxy groups -OCH3 is 1. The van der Waals surface area contributed by atoms with Gasteiger partial charge < -0.3 is 4.74 Å². The molecule has 4 nitrogen and oxygen atoms in total. The third-order valence-corrected chi connectivity index (χ3v) is 3.96. The molecule has 0 N–H and O–H groups in total. The Balaban J connectivity index is 2.14. The highest BCUT2D eigenvalue weighted by molar-refractivity contribution is 4.79. The third-order valence-electron chi connectivity index (χ3n) is 3.96. The third kappa shape index (κ3) is 1.00. The molecule has 3 rings (SSSR count). The van der Waals surface area contributed by atoms with Crippen molar-refractivity contribution >= 4 is 0 Å². The minimum atomic E-state index is 0.579. The summed E-state index contributed by atoms with van der Waals surface area (Å²) in [6.45, 7) is 1.99. The van der Waals surface area contributed by atoms with Crippen LogP contribution in [0, 0.1) is 0 Å². The van der Waals surface area contributed by atoms with E-state index in [1.165, 1.54) is 13.0 Å². The van der Waals surface area contributed by atoms with Crippen molar-refractivity contribution in [2.45, 2.75) is 18.6 Å². The average molecular weight is 188 g/mol. The topological polar surface area (TPSA) is 18.5 Å². The number of hydrogen-bond donors (Lipinski definition) is 0. The van der Waals surface area contributed by atoms with E-state index in [-0.39, 0.29) is 0 Å². The lowest BCUT2D eigenvalue weighted by Crippen LogP contribution is -2.67. The maximum atomic E-state index is 5.57. The van der Waals surface area contributed by atoms with Crippen LogP contribution in [0.15, 0.2) is 0 Å². The quantitative estimate of drug-likeness (QED) is 0.587. The van der Waals surface area contributed by atoms with Gasteiger partial charge in [0.05, 0.1) is 14.2 Å². The predicted octanol–water partition coefficient (Wildman–Crippen LogP) is 0.157. The van der Waals surface area contributed by atoms with Crippen molar-refractivity contribution in [3.05, 3.63) is 0 Å². The Morgan fingerprint density at radius 2 is 2.00 bits per heavy atom. The molecule has 0 aromatic rings. The van der Waals surface area contributed by atoms with Crippen LogP contribution in [0.5, 0.6) is 0 Å². The molecule has 4 heteroatoms. The van der Waals surface area contributed by atoms with Crippen molar-refractivity contribution in [3.63, 3.8) is 0 Å². The number of hydrogen-bond acceptors (Lipinski definition) is 2. The minimum Gasteiger partial charge on any atom is -0.335 e. The van der Waals surface area contributed by atoms with Crippen LogP contribution in [0.1, 0.15) is 6.42 Å². The van der Waals surface area contributed by atoms with Gasteiger partial charge in [0.25, 0.3) is 6.17 Å². The van der Waals surface area contributed by atoms with Gasteiger partial charge in [-0.05, 0) is 0 Å². The van der Waals surface area contributed by atoms with Gasteiger partial charge >= 0.3 is 0 Å². The molecule has 3 fully saturated rings. The summed E-state index contributed by atoms with van der Waals surface area (Å²) in [5, 5.41) is 0. The van der Waals surface area contributed by atoms with Gasteiger partial charge in [-0.25, -0.2) is 9.32 Å². The van der Waals surface area contributed by atoms with Gasteiger partial charge in [0.2, 0.25) is 0 Å². The largest absolute Gasteiger partial charge is 0.335 e. The molecular formula is C9H20N2O2+2. The molecule has 76 valence electrons. The molecule has 2 bridgehead atoms. The van der Waals surface area contributed by atoms with E-state index in [1.807, 2.05) is 7.11 Å². The van der Waals surface area contributed by atoms with E-state index in [9.17, 15) is 0 Å². The zero-order valence-corrected chi connectivity index (χ0v) is 8.99. The van der Waals surface area contributed by atoms with Crippen molar-refractivity contribution in [2.24, 2.45) is 0 Å². The summed E-state index contributed by atoms with van der Waals surface area (Å²) in [5.41, 5.74) is 0. The second kappa shape index (κ2) is 2.67. The second-order valence-electron chi connectivity index (χ2n) is 4.69. The lowest BCUT2D eigenvalue weighted by atomic mass is 10.1. The molecular weight excluding hydrogens is 168 g/mol. The number of nitrogens with zero attached hydrogens (tertiary/aromatic N) is 2. The summed E-state index contributed by atoms with van der Waals surface area (Å²) in [6.07, 6.45) is 1.86. The Kier molecular flexibility index (Phi) is 1.93. The van der Waals surface area contributed by atoms with Crippen molar-refractivity contribution < 1.29 is 18.7 Å². The Bertz CT molecular complexity index is 224. The number of quaternary nitrogens is 2. The zero-order valence-electron chi connectivity index (χ0n) is 8.99. The van der Waals surface area contributed by atoms with Crippen molar-refractivity contribution in [1.29, 1.82) is 0 Å². The Morgan fingerprint density at radius 3 is 2.46 bits per heavy atom. The molecule has 0 aromatic carbocycles. The fraction of sp³-hybridized carbons (Fsp3) is 1.00. The van der Waals surface area contributed by atoms with Gasteiger partial charge in [0.1, 0.15) is 20.0 Å². The van der Waals surface area contributed by atoms with Crippen molar-refractivity contribution in [2.75, 3.05) is 41.6 Å². The molecule has 3 heterocycles. The second-order valence-corrected chi connectivity index (χ2v) is 4.69. The molecule has 0 aliphatic carbocycles. The van der Waals surface area contributed by atoms with Crippen LogP contribution in [-0.2, 0) is 9.57 Å². The lowest BCUT2D eigenvalue weighted by Gasteiger charge is -2.44. The first-order valence-electron chi connectivity index (χ1n) is 4.81. The van der Waals surface area contributed by atoms with Crippen LogP contribution in [0.4, 0.5) is 0 Å². The summed E-state index contributed by atoms with van der Waals surface area (Å²) < 4.78 is 7.05. The van der Waals surface area contributed by atoms with Gasteiger partial charge in [0, 0.05) is 7.11 Å². The first kappa shape index (κ1) is 9.40. The molecule has 0 spiro atoms. The highest BCUT2D eigenvalue weighted by Crippen LogP contribution is 2.47. The van der Waals surface area contributed by atoms with Crippen molar-refractivity contribution in [1.82, 2.24) is 0 Å². The van der Waals surface area contributed by atoms with Crippen LogP contribution < -0.4 is 0 Å². The SMILES string of the molecule is COC[N+]1(C)CC2CC1[N+]2(C)OC. The van der Waals surface area contributed by atoms with Gasteiger partial charge in [0.15, 0.2) is 12.8 Å². The van der Waals surface area contributed by atoms with Gasteiger partial charge in [-0.2, -0.15) is 0 Å². The van der Waals surface area contributed by atoms with E-state index in [0.717, 1.165) is 15.9 Å². The van der Waals surface area contributed by atoms with Crippen LogP contribution in [0.25, 0.3) is 0 Å². The zero-order chi connectivity index (χ0) is 9.69. The summed E-state index contributed by atoms with van der Waals surface area (Å²) in [7, 11) is 8.02. The van der Waals surface area contributed by atoms with E-state index >= 15 is 0 Å². The molecule has 0 amide bonds. The molecule has 4 atom stereocenters. The summed E-state index contributed by atoms with van der Waals surface area (Å²) >= 11 is 0. The molecule has 3 saturated heterocycles. The summed E-state index contributed by atoms with van der Waals surface area (Å²) in [4.78, 5) is 5.57. The number of hydroxylamine groups is 3.